The Morgan fingerprint density at radius 3 is 2.45 bits per heavy atom. The second kappa shape index (κ2) is 9.58. The van der Waals surface area contributed by atoms with E-state index in [9.17, 15) is 13.2 Å². The smallest absolute Gasteiger partial charge is 0.207 e. The van der Waals surface area contributed by atoms with Crippen LogP contribution in [0.3, 0.4) is 0 Å². The van der Waals surface area contributed by atoms with E-state index in [1.54, 1.807) is 13.0 Å². The molecule has 2 unspecified atom stereocenters. The molecule has 0 aromatic heterocycles. The van der Waals surface area contributed by atoms with Crippen LogP contribution in [0, 0.1) is 17.7 Å². The summed E-state index contributed by atoms with van der Waals surface area (Å²) in [5, 5.41) is 0. The monoisotopic (exact) mass is 436 g/mol. The maximum absolute atomic E-state index is 14.9. The van der Waals surface area contributed by atoms with Gasteiger partial charge in [0.05, 0.1) is 13.2 Å². The van der Waals surface area contributed by atoms with Crippen molar-refractivity contribution in [2.24, 2.45) is 11.8 Å². The fourth-order valence-electron chi connectivity index (χ4n) is 4.88. The minimum atomic E-state index is -2.02. The van der Waals surface area contributed by atoms with E-state index in [2.05, 4.69) is 6.92 Å². The van der Waals surface area contributed by atoms with Crippen LogP contribution < -0.4 is 9.47 Å². The van der Waals surface area contributed by atoms with Crippen molar-refractivity contribution >= 4 is 0 Å². The van der Waals surface area contributed by atoms with Gasteiger partial charge in [0.15, 0.2) is 23.8 Å². The number of alkyl halides is 2. The van der Waals surface area contributed by atoms with Gasteiger partial charge >= 0.3 is 0 Å². The van der Waals surface area contributed by atoms with Crippen molar-refractivity contribution < 1.29 is 27.4 Å². The van der Waals surface area contributed by atoms with Crippen LogP contribution in [0.1, 0.15) is 57.9 Å². The molecule has 1 aromatic rings. The van der Waals surface area contributed by atoms with Crippen molar-refractivity contribution in [3.05, 3.63) is 46.7 Å². The molecule has 6 heteroatoms. The van der Waals surface area contributed by atoms with Gasteiger partial charge in [0.25, 0.3) is 0 Å². The van der Waals surface area contributed by atoms with Crippen LogP contribution in [0.4, 0.5) is 13.2 Å². The number of halogens is 3. The van der Waals surface area contributed by atoms with Crippen LogP contribution in [0.2, 0.25) is 0 Å². The van der Waals surface area contributed by atoms with Gasteiger partial charge in [-0.3, -0.25) is 0 Å². The van der Waals surface area contributed by atoms with Crippen molar-refractivity contribution in [3.63, 3.8) is 0 Å². The van der Waals surface area contributed by atoms with Gasteiger partial charge in [-0.1, -0.05) is 38.7 Å². The Hall–Kier alpha value is -2.11. The van der Waals surface area contributed by atoms with E-state index in [0.29, 0.717) is 30.3 Å². The Morgan fingerprint density at radius 1 is 1.00 bits per heavy atom. The Morgan fingerprint density at radius 2 is 1.74 bits per heavy atom. The Kier molecular flexibility index (Phi) is 6.83. The lowest BCUT2D eigenvalue weighted by molar-refractivity contribution is 0.0662. The molecule has 1 heterocycles. The first-order valence-electron chi connectivity index (χ1n) is 11.5. The molecule has 4 rings (SSSR count). The first-order valence-corrected chi connectivity index (χ1v) is 11.5. The third kappa shape index (κ3) is 4.58. The topological polar surface area (TPSA) is 27.7 Å². The van der Waals surface area contributed by atoms with Crippen molar-refractivity contribution in [1.82, 2.24) is 0 Å². The Balaban J connectivity index is 1.45. The fraction of sp³-hybridized carbons (Fsp3) is 0.600. The molecule has 31 heavy (non-hydrogen) atoms. The number of fused-ring (bicyclic) bond motifs is 1. The van der Waals surface area contributed by atoms with Crippen LogP contribution in [0.15, 0.2) is 35.3 Å². The number of hydrogen-bond donors (Lipinski definition) is 0. The lowest BCUT2D eigenvalue weighted by Crippen LogP contribution is -2.33. The Labute approximate surface area is 182 Å². The summed E-state index contributed by atoms with van der Waals surface area (Å²) >= 11 is 0. The van der Waals surface area contributed by atoms with Crippen molar-refractivity contribution in [3.8, 4) is 11.5 Å². The van der Waals surface area contributed by atoms with Crippen LogP contribution in [0.5, 0.6) is 11.5 Å². The summed E-state index contributed by atoms with van der Waals surface area (Å²) < 4.78 is 60.9. The maximum Gasteiger partial charge on any atom is 0.207 e. The maximum atomic E-state index is 14.9. The summed E-state index contributed by atoms with van der Waals surface area (Å²) in [6.07, 6.45) is 4.81. The summed E-state index contributed by atoms with van der Waals surface area (Å²) in [5.41, 5.74) is 1.08. The normalized spacial score (nSPS) is 27.7. The third-order valence-electron chi connectivity index (χ3n) is 6.60. The van der Waals surface area contributed by atoms with E-state index in [0.717, 1.165) is 18.8 Å². The van der Waals surface area contributed by atoms with Crippen molar-refractivity contribution in [2.45, 2.75) is 71.1 Å². The second-order valence-corrected chi connectivity index (χ2v) is 8.80. The molecule has 1 fully saturated rings. The van der Waals surface area contributed by atoms with Crippen molar-refractivity contribution in [2.75, 3.05) is 13.2 Å². The van der Waals surface area contributed by atoms with Gasteiger partial charge < -0.3 is 14.2 Å². The van der Waals surface area contributed by atoms with E-state index in [-0.39, 0.29) is 29.4 Å². The molecular formula is C25H31F3O3. The molecule has 0 radical (unpaired) electrons. The van der Waals surface area contributed by atoms with E-state index in [1.807, 2.05) is 0 Å². The van der Waals surface area contributed by atoms with E-state index in [4.69, 9.17) is 14.2 Å². The average Bonchev–Trinajstić information content (AvgIpc) is 2.78. The zero-order valence-electron chi connectivity index (χ0n) is 18.3. The van der Waals surface area contributed by atoms with Gasteiger partial charge in [-0.05, 0) is 43.7 Å². The molecule has 3 aliphatic rings. The van der Waals surface area contributed by atoms with Crippen molar-refractivity contribution in [1.29, 1.82) is 0 Å². The number of ether oxygens (including phenoxy) is 3. The van der Waals surface area contributed by atoms with Crippen LogP contribution in [0.25, 0.3) is 0 Å². The highest BCUT2D eigenvalue weighted by molar-refractivity contribution is 5.52. The summed E-state index contributed by atoms with van der Waals surface area (Å²) in [6, 6.07) is 3.24. The predicted molar refractivity (Wildman–Crippen MR) is 113 cm³/mol. The molecule has 0 amide bonds. The standard InChI is InChI=1S/C25H31F3O3/c1-3-5-15-6-8-16(9-7-15)14-30-20-13-18-12-17-10-11-19(29-4-2)22(27)24(17)31-25(18)23(28)21(20)26/h10-11,13,15-16,21,23H,3-9,12,14H2,1-2H3. The first-order chi connectivity index (χ1) is 15.0. The van der Waals surface area contributed by atoms with Gasteiger partial charge in [0.2, 0.25) is 5.82 Å². The molecule has 1 saturated carbocycles. The lowest BCUT2D eigenvalue weighted by Gasteiger charge is -2.32. The molecule has 2 aliphatic carbocycles. The van der Waals surface area contributed by atoms with Gasteiger partial charge in [-0.15, -0.1) is 0 Å². The van der Waals surface area contributed by atoms with Gasteiger partial charge in [0, 0.05) is 17.6 Å². The Bertz CT molecular complexity index is 856. The molecule has 0 N–H and O–H groups in total. The molecule has 1 aromatic carbocycles. The quantitative estimate of drug-likeness (QED) is 0.481. The first kappa shape index (κ1) is 22.1. The molecular weight excluding hydrogens is 405 g/mol. The highest BCUT2D eigenvalue weighted by Crippen LogP contribution is 2.42. The molecule has 170 valence electrons. The summed E-state index contributed by atoms with van der Waals surface area (Å²) in [4.78, 5) is 0. The van der Waals surface area contributed by atoms with Crippen LogP contribution in [-0.4, -0.2) is 25.6 Å². The van der Waals surface area contributed by atoms with Crippen LogP contribution >= 0.6 is 0 Å². The molecule has 2 atom stereocenters. The molecule has 0 saturated heterocycles. The van der Waals surface area contributed by atoms with E-state index in [1.165, 1.54) is 37.8 Å². The summed E-state index contributed by atoms with van der Waals surface area (Å²) in [7, 11) is 0. The number of benzene rings is 1. The number of hydrogen-bond acceptors (Lipinski definition) is 3. The third-order valence-corrected chi connectivity index (χ3v) is 6.60. The number of rotatable bonds is 7. The van der Waals surface area contributed by atoms with Gasteiger partial charge in [0.1, 0.15) is 11.5 Å². The lowest BCUT2D eigenvalue weighted by atomic mass is 9.80. The molecule has 0 bridgehead atoms. The van der Waals surface area contributed by atoms with Gasteiger partial charge in [-0.25, -0.2) is 8.78 Å². The highest BCUT2D eigenvalue weighted by Gasteiger charge is 2.40. The number of allylic oxidation sites excluding steroid dienone is 4. The van der Waals surface area contributed by atoms with Gasteiger partial charge in [-0.2, -0.15) is 4.39 Å². The highest BCUT2D eigenvalue weighted by atomic mass is 19.2. The second-order valence-electron chi connectivity index (χ2n) is 8.80. The zero-order valence-corrected chi connectivity index (χ0v) is 18.3. The molecule has 1 aliphatic heterocycles. The molecule has 0 spiro atoms. The van der Waals surface area contributed by atoms with Crippen LogP contribution in [-0.2, 0) is 11.2 Å². The molecule has 3 nitrogen and oxygen atoms in total. The van der Waals surface area contributed by atoms with E-state index >= 15 is 0 Å². The van der Waals surface area contributed by atoms with E-state index < -0.39 is 18.2 Å². The minimum absolute atomic E-state index is 0.0143. The summed E-state index contributed by atoms with van der Waals surface area (Å²) in [6.45, 7) is 4.66. The summed E-state index contributed by atoms with van der Waals surface area (Å²) in [5.74, 6) is 0.292. The average molecular weight is 437 g/mol. The fourth-order valence-corrected chi connectivity index (χ4v) is 4.88. The SMILES string of the molecule is CCCC1CCC(COC2=CC3=C(Oc4c(ccc(OCC)c4F)C3)C(F)C2F)CC1. The minimum Gasteiger partial charge on any atom is -0.494 e. The zero-order chi connectivity index (χ0) is 22.0. The largest absolute Gasteiger partial charge is 0.494 e. The predicted octanol–water partition coefficient (Wildman–Crippen LogP) is 6.61.